The maximum atomic E-state index is 12.4. The predicted molar refractivity (Wildman–Crippen MR) is 116 cm³/mol. The molecular formula is C20H17BrClN3O2S. The van der Waals surface area contributed by atoms with Crippen LogP contribution in [-0.2, 0) is 10.0 Å². The molecule has 0 amide bonds. The van der Waals surface area contributed by atoms with Crippen LogP contribution in [0.4, 0.5) is 0 Å². The van der Waals surface area contributed by atoms with E-state index in [-0.39, 0.29) is 0 Å². The van der Waals surface area contributed by atoms with Gasteiger partial charge in [-0.2, -0.15) is 9.52 Å². The van der Waals surface area contributed by atoms with E-state index in [2.05, 4.69) is 26.0 Å². The standard InChI is InChI=1S/C20H17BrClN3O2S/c1-12-3-4-14-10-16(20(22)23-17(14)9-12)19-11-18(24-25(19)28(2,26)27)13-5-7-15(21)8-6-13/h3-10,19H,11H2,1-2H3/t19-/m1/s1. The summed E-state index contributed by atoms with van der Waals surface area (Å²) in [6.45, 7) is 1.99. The molecular weight excluding hydrogens is 462 g/mol. The molecule has 5 nitrogen and oxygen atoms in total. The van der Waals surface area contributed by atoms with Gasteiger partial charge in [-0.1, -0.05) is 51.8 Å². The highest BCUT2D eigenvalue weighted by molar-refractivity contribution is 9.10. The number of rotatable bonds is 3. The molecule has 2 aromatic carbocycles. The Balaban J connectivity index is 1.80. The van der Waals surface area contributed by atoms with Crippen molar-refractivity contribution < 1.29 is 8.42 Å². The first-order chi connectivity index (χ1) is 13.2. The number of hydrogen-bond acceptors (Lipinski definition) is 4. The first kappa shape index (κ1) is 19.4. The monoisotopic (exact) mass is 477 g/mol. The second-order valence-corrected chi connectivity index (χ2v) is 9.99. The first-order valence-electron chi connectivity index (χ1n) is 8.62. The summed E-state index contributed by atoms with van der Waals surface area (Å²) < 4.78 is 26.9. The van der Waals surface area contributed by atoms with E-state index in [4.69, 9.17) is 11.6 Å². The summed E-state index contributed by atoms with van der Waals surface area (Å²) in [5.41, 5.74) is 4.09. The van der Waals surface area contributed by atoms with Crippen LogP contribution in [0.3, 0.4) is 0 Å². The van der Waals surface area contributed by atoms with E-state index in [1.165, 1.54) is 0 Å². The largest absolute Gasteiger partial charge is 0.247 e. The van der Waals surface area contributed by atoms with Crippen molar-refractivity contribution in [2.24, 2.45) is 5.10 Å². The zero-order valence-electron chi connectivity index (χ0n) is 15.2. The van der Waals surface area contributed by atoms with Gasteiger partial charge in [0.1, 0.15) is 5.15 Å². The summed E-state index contributed by atoms with van der Waals surface area (Å²) >= 11 is 9.89. The van der Waals surface area contributed by atoms with Crippen molar-refractivity contribution in [3.63, 3.8) is 0 Å². The molecule has 1 aliphatic heterocycles. The summed E-state index contributed by atoms with van der Waals surface area (Å²) in [6.07, 6.45) is 1.58. The number of benzene rings is 2. The molecule has 0 unspecified atom stereocenters. The molecule has 0 saturated carbocycles. The highest BCUT2D eigenvalue weighted by atomic mass is 79.9. The smallest absolute Gasteiger partial charge is 0.236 e. The van der Waals surface area contributed by atoms with E-state index in [0.717, 1.165) is 37.2 Å². The molecule has 28 heavy (non-hydrogen) atoms. The van der Waals surface area contributed by atoms with Gasteiger partial charge in [-0.15, -0.1) is 0 Å². The van der Waals surface area contributed by atoms with Gasteiger partial charge >= 0.3 is 0 Å². The van der Waals surface area contributed by atoms with Crippen molar-refractivity contribution in [1.29, 1.82) is 0 Å². The number of halogens is 2. The minimum absolute atomic E-state index is 0.295. The second kappa shape index (κ2) is 7.13. The molecule has 0 spiro atoms. The third-order valence-corrected chi connectivity index (χ3v) is 6.55. The van der Waals surface area contributed by atoms with E-state index in [1.54, 1.807) is 0 Å². The molecule has 8 heteroatoms. The number of aromatic nitrogens is 1. The van der Waals surface area contributed by atoms with Crippen molar-refractivity contribution in [1.82, 2.24) is 9.40 Å². The highest BCUT2D eigenvalue weighted by Gasteiger charge is 2.36. The molecule has 0 radical (unpaired) electrons. The Hall–Kier alpha value is -1.96. The quantitative estimate of drug-likeness (QED) is 0.494. The second-order valence-electron chi connectivity index (χ2n) is 6.87. The fourth-order valence-corrected chi connectivity index (χ4v) is 4.78. The zero-order valence-corrected chi connectivity index (χ0v) is 18.4. The molecule has 144 valence electrons. The summed E-state index contributed by atoms with van der Waals surface area (Å²) in [6, 6.07) is 14.9. The first-order valence-corrected chi connectivity index (χ1v) is 11.6. The SMILES string of the molecule is Cc1ccc2cc([C@H]3CC(c4ccc(Br)cc4)=NN3S(C)(=O)=O)c(Cl)nc2c1. The van der Waals surface area contributed by atoms with Crippen LogP contribution in [0.5, 0.6) is 0 Å². The molecule has 0 saturated heterocycles. The van der Waals surface area contributed by atoms with Gasteiger partial charge in [-0.3, -0.25) is 0 Å². The van der Waals surface area contributed by atoms with Crippen LogP contribution in [0.15, 0.2) is 58.1 Å². The van der Waals surface area contributed by atoms with E-state index >= 15 is 0 Å². The highest BCUT2D eigenvalue weighted by Crippen LogP contribution is 2.38. The molecule has 3 aromatic rings. The summed E-state index contributed by atoms with van der Waals surface area (Å²) in [7, 11) is -3.58. The van der Waals surface area contributed by atoms with E-state index in [0.29, 0.717) is 22.8 Å². The lowest BCUT2D eigenvalue weighted by molar-refractivity contribution is 0.374. The molecule has 0 N–H and O–H groups in total. The molecule has 1 aromatic heterocycles. The predicted octanol–water partition coefficient (Wildman–Crippen LogP) is 5.07. The van der Waals surface area contributed by atoms with Crippen molar-refractivity contribution >= 4 is 54.2 Å². The van der Waals surface area contributed by atoms with Crippen LogP contribution in [0.25, 0.3) is 10.9 Å². The van der Waals surface area contributed by atoms with Crippen LogP contribution in [-0.4, -0.2) is 29.8 Å². The Morgan fingerprint density at radius 1 is 1.14 bits per heavy atom. The van der Waals surface area contributed by atoms with Gasteiger partial charge in [0.25, 0.3) is 0 Å². The average molecular weight is 479 g/mol. The normalized spacial score (nSPS) is 17.2. The summed E-state index contributed by atoms with van der Waals surface area (Å²) in [5.74, 6) is 0. The third kappa shape index (κ3) is 3.66. The Bertz CT molecular complexity index is 1210. The maximum absolute atomic E-state index is 12.4. The van der Waals surface area contributed by atoms with Crippen LogP contribution in [0, 0.1) is 6.92 Å². The number of sulfonamides is 1. The molecule has 0 aliphatic carbocycles. The Morgan fingerprint density at radius 3 is 2.54 bits per heavy atom. The van der Waals surface area contributed by atoms with Gasteiger partial charge < -0.3 is 0 Å². The number of hydrogen-bond donors (Lipinski definition) is 0. The van der Waals surface area contributed by atoms with E-state index in [1.807, 2.05) is 55.5 Å². The van der Waals surface area contributed by atoms with Gasteiger partial charge in [0.15, 0.2) is 0 Å². The van der Waals surface area contributed by atoms with Crippen molar-refractivity contribution in [3.8, 4) is 0 Å². The van der Waals surface area contributed by atoms with Crippen molar-refractivity contribution in [2.75, 3.05) is 6.26 Å². The molecule has 1 atom stereocenters. The Kier molecular flexibility index (Phi) is 4.93. The number of hydrazone groups is 1. The van der Waals surface area contributed by atoms with Crippen LogP contribution < -0.4 is 0 Å². The van der Waals surface area contributed by atoms with Crippen LogP contribution >= 0.6 is 27.5 Å². The zero-order chi connectivity index (χ0) is 20.1. The molecule has 0 fully saturated rings. The minimum Gasteiger partial charge on any atom is -0.236 e. The molecule has 1 aliphatic rings. The lowest BCUT2D eigenvalue weighted by Gasteiger charge is -2.22. The third-order valence-electron chi connectivity index (χ3n) is 4.70. The van der Waals surface area contributed by atoms with Crippen molar-refractivity contribution in [3.05, 3.63) is 74.8 Å². The van der Waals surface area contributed by atoms with E-state index < -0.39 is 16.1 Å². The summed E-state index contributed by atoms with van der Waals surface area (Å²) in [4.78, 5) is 4.49. The van der Waals surface area contributed by atoms with Gasteiger partial charge in [-0.25, -0.2) is 13.4 Å². The summed E-state index contributed by atoms with van der Waals surface area (Å²) in [5, 5.41) is 5.62. The molecule has 4 rings (SSSR count). The van der Waals surface area contributed by atoms with Gasteiger partial charge in [0.05, 0.1) is 23.5 Å². The topological polar surface area (TPSA) is 62.6 Å². The van der Waals surface area contributed by atoms with Crippen LogP contribution in [0.2, 0.25) is 5.15 Å². The molecule has 2 heterocycles. The maximum Gasteiger partial charge on any atom is 0.247 e. The van der Waals surface area contributed by atoms with E-state index in [9.17, 15) is 8.42 Å². The fraction of sp³-hybridized carbons (Fsp3) is 0.200. The fourth-order valence-electron chi connectivity index (χ4n) is 3.35. The van der Waals surface area contributed by atoms with Crippen molar-refractivity contribution in [2.45, 2.75) is 19.4 Å². The molecule has 0 bridgehead atoms. The number of nitrogens with zero attached hydrogens (tertiary/aromatic N) is 3. The Labute approximate surface area is 177 Å². The lowest BCUT2D eigenvalue weighted by Crippen LogP contribution is -2.26. The number of pyridine rings is 1. The average Bonchev–Trinajstić information content (AvgIpc) is 3.07. The van der Waals surface area contributed by atoms with Gasteiger partial charge in [0.2, 0.25) is 10.0 Å². The van der Waals surface area contributed by atoms with Crippen LogP contribution in [0.1, 0.15) is 29.2 Å². The van der Waals surface area contributed by atoms with Gasteiger partial charge in [0, 0.05) is 21.8 Å². The number of fused-ring (bicyclic) bond motifs is 1. The van der Waals surface area contributed by atoms with Gasteiger partial charge in [-0.05, 0) is 42.3 Å². The minimum atomic E-state index is -3.58. The number of aryl methyl sites for hydroxylation is 1. The lowest BCUT2D eigenvalue weighted by atomic mass is 9.99. The Morgan fingerprint density at radius 2 is 1.86 bits per heavy atom.